The van der Waals surface area contributed by atoms with Crippen LogP contribution in [0.15, 0.2) is 48.8 Å². The van der Waals surface area contributed by atoms with E-state index in [1.165, 1.54) is 12.1 Å². The first-order valence-electron chi connectivity index (χ1n) is 9.34. The van der Waals surface area contributed by atoms with Gasteiger partial charge in [-0.2, -0.15) is 5.10 Å². The monoisotopic (exact) mass is 411 g/mol. The number of hydrogen-bond donors (Lipinski definition) is 0. The summed E-state index contributed by atoms with van der Waals surface area (Å²) >= 11 is 0. The lowest BCUT2D eigenvalue weighted by Crippen LogP contribution is -2.08. The lowest BCUT2D eigenvalue weighted by atomic mass is 10.2. The van der Waals surface area contributed by atoms with Crippen molar-refractivity contribution in [3.63, 3.8) is 0 Å². The largest absolute Gasteiger partial charge is 0.470 e. The zero-order valence-electron chi connectivity index (χ0n) is 16.4. The van der Waals surface area contributed by atoms with Crippen LogP contribution in [0.3, 0.4) is 0 Å². The molecule has 0 aliphatic rings. The molecule has 3 aromatic heterocycles. The van der Waals surface area contributed by atoms with E-state index >= 15 is 0 Å². The van der Waals surface area contributed by atoms with Gasteiger partial charge in [0.05, 0.1) is 23.3 Å². The first kappa shape index (κ1) is 19.6. The van der Waals surface area contributed by atoms with Gasteiger partial charge in [-0.15, -0.1) is 15.3 Å². The van der Waals surface area contributed by atoms with Crippen molar-refractivity contribution in [3.8, 4) is 22.8 Å². The van der Waals surface area contributed by atoms with Crippen LogP contribution >= 0.6 is 0 Å². The summed E-state index contributed by atoms with van der Waals surface area (Å²) < 4.78 is 34.7. The van der Waals surface area contributed by atoms with Crippen LogP contribution in [-0.4, -0.2) is 35.0 Å². The van der Waals surface area contributed by atoms with Gasteiger partial charge < -0.3 is 4.74 Å². The number of hydrogen-bond acceptors (Lipinski definition) is 6. The van der Waals surface area contributed by atoms with Gasteiger partial charge in [-0.1, -0.05) is 17.3 Å². The molecule has 0 aliphatic carbocycles. The molecular formula is C20H19F2N7O. The summed E-state index contributed by atoms with van der Waals surface area (Å²) in [7, 11) is 0. The maximum Gasteiger partial charge on any atom is 0.263 e. The normalized spacial score (nSPS) is 11.2. The zero-order chi connectivity index (χ0) is 21.1. The molecule has 0 bridgehead atoms. The highest BCUT2D eigenvalue weighted by Gasteiger charge is 2.14. The lowest BCUT2D eigenvalue weighted by molar-refractivity contribution is 0.151. The van der Waals surface area contributed by atoms with Crippen molar-refractivity contribution in [1.82, 2.24) is 35.0 Å². The van der Waals surface area contributed by atoms with E-state index < -0.39 is 6.43 Å². The third-order valence-electron chi connectivity index (χ3n) is 4.60. The lowest BCUT2D eigenvalue weighted by Gasteiger charge is -2.09. The highest BCUT2D eigenvalue weighted by atomic mass is 19.3. The van der Waals surface area contributed by atoms with Crippen LogP contribution in [0.5, 0.6) is 5.88 Å². The molecule has 0 aliphatic heterocycles. The minimum Gasteiger partial charge on any atom is -0.470 e. The minimum atomic E-state index is -2.52. The molecule has 0 saturated carbocycles. The Labute approximate surface area is 171 Å². The Balaban J connectivity index is 1.48. The Bertz CT molecular complexity index is 1120. The van der Waals surface area contributed by atoms with Gasteiger partial charge in [0.15, 0.2) is 0 Å². The van der Waals surface area contributed by atoms with E-state index in [-0.39, 0.29) is 12.2 Å². The van der Waals surface area contributed by atoms with Gasteiger partial charge in [0.1, 0.15) is 12.3 Å². The second kappa shape index (κ2) is 8.36. The molecule has 154 valence electrons. The van der Waals surface area contributed by atoms with Gasteiger partial charge >= 0.3 is 0 Å². The number of benzene rings is 1. The molecule has 0 radical (unpaired) electrons. The number of aryl methyl sites for hydroxylation is 2. The minimum absolute atomic E-state index is 0.0479. The Morgan fingerprint density at radius 2 is 1.83 bits per heavy atom. The number of nitrogens with zero attached hydrogens (tertiary/aromatic N) is 7. The molecule has 30 heavy (non-hydrogen) atoms. The second-order valence-corrected chi connectivity index (χ2v) is 6.56. The average Bonchev–Trinajstić information content (AvgIpc) is 3.39. The number of alkyl halides is 2. The molecule has 0 atom stereocenters. The van der Waals surface area contributed by atoms with Crippen LogP contribution in [-0.2, 0) is 13.2 Å². The molecule has 0 fully saturated rings. The highest BCUT2D eigenvalue weighted by molar-refractivity contribution is 5.56. The van der Waals surface area contributed by atoms with E-state index in [2.05, 4.69) is 25.6 Å². The van der Waals surface area contributed by atoms with Gasteiger partial charge in [0, 0.05) is 29.9 Å². The van der Waals surface area contributed by atoms with E-state index in [9.17, 15) is 8.78 Å². The smallest absolute Gasteiger partial charge is 0.263 e. The Kier molecular flexibility index (Phi) is 5.46. The van der Waals surface area contributed by atoms with Gasteiger partial charge in [-0.3, -0.25) is 4.68 Å². The molecule has 3 heterocycles. The number of ether oxygens (including phenoxy) is 1. The van der Waals surface area contributed by atoms with Crippen LogP contribution in [0.2, 0.25) is 0 Å². The molecule has 4 rings (SSSR count). The number of aromatic nitrogens is 7. The van der Waals surface area contributed by atoms with E-state index in [4.69, 9.17) is 4.74 Å². The van der Waals surface area contributed by atoms with Gasteiger partial charge in [-0.05, 0) is 32.0 Å². The summed E-state index contributed by atoms with van der Waals surface area (Å²) in [6.07, 6.45) is 1.12. The van der Waals surface area contributed by atoms with Crippen LogP contribution in [0.1, 0.15) is 30.3 Å². The van der Waals surface area contributed by atoms with E-state index in [0.29, 0.717) is 28.6 Å². The predicted molar refractivity (Wildman–Crippen MR) is 104 cm³/mol. The van der Waals surface area contributed by atoms with Crippen molar-refractivity contribution in [2.24, 2.45) is 0 Å². The van der Waals surface area contributed by atoms with E-state index in [1.807, 2.05) is 23.9 Å². The second-order valence-electron chi connectivity index (χ2n) is 6.56. The van der Waals surface area contributed by atoms with Crippen molar-refractivity contribution >= 4 is 0 Å². The van der Waals surface area contributed by atoms with E-state index in [1.54, 1.807) is 36.0 Å². The fourth-order valence-corrected chi connectivity index (χ4v) is 2.87. The fraction of sp³-hybridized carbons (Fsp3) is 0.250. The molecule has 0 saturated heterocycles. The first-order chi connectivity index (χ1) is 14.5. The summed E-state index contributed by atoms with van der Waals surface area (Å²) in [5.41, 5.74) is 3.51. The van der Waals surface area contributed by atoms with Gasteiger partial charge in [0.25, 0.3) is 6.43 Å². The quantitative estimate of drug-likeness (QED) is 0.460. The summed E-state index contributed by atoms with van der Waals surface area (Å²) in [5.74, 6) is 0.349. The maximum atomic E-state index is 12.8. The van der Waals surface area contributed by atoms with Crippen LogP contribution in [0.25, 0.3) is 16.9 Å². The maximum absolute atomic E-state index is 12.8. The third-order valence-corrected chi connectivity index (χ3v) is 4.60. The average molecular weight is 411 g/mol. The third kappa shape index (κ3) is 4.02. The van der Waals surface area contributed by atoms with Crippen molar-refractivity contribution < 1.29 is 13.5 Å². The van der Waals surface area contributed by atoms with E-state index in [0.717, 1.165) is 12.1 Å². The highest BCUT2D eigenvalue weighted by Crippen LogP contribution is 2.22. The number of halogens is 2. The summed E-state index contributed by atoms with van der Waals surface area (Å²) in [5, 5.41) is 20.7. The fourth-order valence-electron chi connectivity index (χ4n) is 2.87. The Hall–Kier alpha value is -3.69. The molecule has 0 N–H and O–H groups in total. The van der Waals surface area contributed by atoms with Crippen LogP contribution in [0.4, 0.5) is 8.78 Å². The molecule has 0 spiro atoms. The summed E-state index contributed by atoms with van der Waals surface area (Å²) in [4.78, 5) is 0. The zero-order valence-corrected chi connectivity index (χ0v) is 16.4. The summed E-state index contributed by atoms with van der Waals surface area (Å²) in [6.45, 7) is 4.74. The SMILES string of the molecule is CCn1cc(-c2ccc(OCc3c(C)nnn3-c3ccc(C(F)F)cc3)nn2)cn1. The molecule has 8 nitrogen and oxygen atoms in total. The molecule has 10 heteroatoms. The van der Waals surface area contributed by atoms with Crippen LogP contribution < -0.4 is 4.74 Å². The van der Waals surface area contributed by atoms with Gasteiger partial charge in [0.2, 0.25) is 5.88 Å². The topological polar surface area (TPSA) is 83.5 Å². The van der Waals surface area contributed by atoms with Crippen molar-refractivity contribution in [2.45, 2.75) is 33.4 Å². The first-order valence-corrected chi connectivity index (χ1v) is 9.34. The van der Waals surface area contributed by atoms with Crippen molar-refractivity contribution in [2.75, 3.05) is 0 Å². The molecule has 0 unspecified atom stereocenters. The summed E-state index contributed by atoms with van der Waals surface area (Å²) in [6, 6.07) is 9.42. The molecule has 4 aromatic rings. The Morgan fingerprint density at radius 3 is 2.47 bits per heavy atom. The number of rotatable bonds is 7. The van der Waals surface area contributed by atoms with Crippen molar-refractivity contribution in [1.29, 1.82) is 0 Å². The standard InChI is InChI=1S/C20H19F2N7O/c1-3-28-11-15(10-23-28)17-8-9-19(26-25-17)30-12-18-13(2)24-27-29(18)16-6-4-14(5-7-16)20(21)22/h4-11,20H,3,12H2,1-2H3. The molecule has 1 aromatic carbocycles. The Morgan fingerprint density at radius 1 is 1.03 bits per heavy atom. The van der Waals surface area contributed by atoms with Gasteiger partial charge in [-0.25, -0.2) is 13.5 Å². The predicted octanol–water partition coefficient (Wildman–Crippen LogP) is 3.77. The molecule has 0 amide bonds. The molecular weight excluding hydrogens is 392 g/mol. The van der Waals surface area contributed by atoms with Crippen molar-refractivity contribution in [3.05, 3.63) is 65.7 Å². The van der Waals surface area contributed by atoms with Crippen LogP contribution in [0, 0.1) is 6.92 Å².